The first-order chi connectivity index (χ1) is 10.1. The molecule has 0 radical (unpaired) electrons. The summed E-state index contributed by atoms with van der Waals surface area (Å²) in [7, 11) is 1.18. The first-order valence-electron chi connectivity index (χ1n) is 6.16. The molecule has 0 saturated heterocycles. The molecule has 0 atom stereocenters. The zero-order chi connectivity index (χ0) is 15.0. The van der Waals surface area contributed by atoms with Gasteiger partial charge >= 0.3 is 6.16 Å². The Morgan fingerprint density at radius 1 is 0.905 bits per heavy atom. The molecule has 3 nitrogen and oxygen atoms in total. The van der Waals surface area contributed by atoms with Crippen LogP contribution in [0.4, 0.5) is 13.6 Å². The summed E-state index contributed by atoms with van der Waals surface area (Å²) in [5.74, 6) is -0.722. The molecule has 0 fully saturated rings. The molecule has 21 heavy (non-hydrogen) atoms. The van der Waals surface area contributed by atoms with Crippen LogP contribution in [0.1, 0.15) is 0 Å². The van der Waals surface area contributed by atoms with E-state index in [9.17, 15) is 13.6 Å². The van der Waals surface area contributed by atoms with Gasteiger partial charge in [-0.3, -0.25) is 0 Å². The number of benzene rings is 3. The van der Waals surface area contributed by atoms with Gasteiger partial charge in [-0.25, -0.2) is 13.6 Å². The predicted molar refractivity (Wildman–Crippen MR) is 74.4 cm³/mol. The average molecular weight is 288 g/mol. The maximum atomic E-state index is 13.5. The van der Waals surface area contributed by atoms with Crippen LogP contribution in [-0.2, 0) is 4.74 Å². The van der Waals surface area contributed by atoms with Crippen LogP contribution in [0.5, 0.6) is 5.75 Å². The molecule has 3 aromatic carbocycles. The lowest BCUT2D eigenvalue weighted by Gasteiger charge is -2.11. The molecule has 0 heterocycles. The summed E-state index contributed by atoms with van der Waals surface area (Å²) in [6.45, 7) is 0. The molecule has 5 heteroatoms. The van der Waals surface area contributed by atoms with Crippen molar-refractivity contribution in [1.29, 1.82) is 0 Å². The van der Waals surface area contributed by atoms with E-state index in [4.69, 9.17) is 4.74 Å². The van der Waals surface area contributed by atoms with Gasteiger partial charge in [-0.15, -0.1) is 0 Å². The summed E-state index contributed by atoms with van der Waals surface area (Å²) in [6.07, 6.45) is -0.919. The smallest absolute Gasteiger partial charge is 0.437 e. The fourth-order valence-electron chi connectivity index (χ4n) is 2.26. The van der Waals surface area contributed by atoms with Crippen molar-refractivity contribution in [1.82, 2.24) is 0 Å². The Balaban J connectivity index is 2.39. The van der Waals surface area contributed by atoms with Crippen LogP contribution in [0.3, 0.4) is 0 Å². The summed E-state index contributed by atoms with van der Waals surface area (Å²) in [5, 5.41) is 2.10. The van der Waals surface area contributed by atoms with Crippen molar-refractivity contribution in [3.8, 4) is 5.75 Å². The summed E-state index contributed by atoms with van der Waals surface area (Å²) >= 11 is 0. The highest BCUT2D eigenvalue weighted by atomic mass is 19.1. The van der Waals surface area contributed by atoms with Crippen LogP contribution in [0.15, 0.2) is 42.5 Å². The van der Waals surface area contributed by atoms with Crippen LogP contribution in [-0.4, -0.2) is 13.3 Å². The molecule has 0 amide bonds. The van der Waals surface area contributed by atoms with Crippen LogP contribution in [0, 0.1) is 11.6 Å². The van der Waals surface area contributed by atoms with Crippen LogP contribution >= 0.6 is 0 Å². The van der Waals surface area contributed by atoms with Crippen molar-refractivity contribution in [3.05, 3.63) is 54.1 Å². The summed E-state index contributed by atoms with van der Waals surface area (Å²) in [6, 6.07) is 9.84. The Bertz CT molecular complexity index is 859. The van der Waals surface area contributed by atoms with Crippen molar-refractivity contribution in [2.75, 3.05) is 7.11 Å². The van der Waals surface area contributed by atoms with Gasteiger partial charge in [0.15, 0.2) is 0 Å². The molecule has 0 bridgehead atoms. The second-order valence-electron chi connectivity index (χ2n) is 4.49. The number of rotatable bonds is 1. The highest BCUT2D eigenvalue weighted by molar-refractivity contribution is 6.06. The zero-order valence-corrected chi connectivity index (χ0v) is 11.0. The fraction of sp³-hybridized carbons (Fsp3) is 0.0625. The minimum Gasteiger partial charge on any atom is -0.437 e. The lowest BCUT2D eigenvalue weighted by atomic mass is 10.0. The van der Waals surface area contributed by atoms with Gasteiger partial charge in [0.1, 0.15) is 17.4 Å². The zero-order valence-electron chi connectivity index (χ0n) is 11.0. The lowest BCUT2D eigenvalue weighted by molar-refractivity contribution is 0.122. The van der Waals surface area contributed by atoms with E-state index in [2.05, 4.69) is 4.74 Å². The van der Waals surface area contributed by atoms with E-state index < -0.39 is 17.8 Å². The third-order valence-electron chi connectivity index (χ3n) is 3.18. The number of hydrogen-bond donors (Lipinski definition) is 0. The van der Waals surface area contributed by atoms with Gasteiger partial charge in [0.25, 0.3) is 0 Å². The summed E-state index contributed by atoms with van der Waals surface area (Å²) < 4.78 is 36.4. The van der Waals surface area contributed by atoms with E-state index in [-0.39, 0.29) is 5.75 Å². The monoisotopic (exact) mass is 288 g/mol. The number of ether oxygens (including phenoxy) is 2. The molecular formula is C16H10F2O3. The van der Waals surface area contributed by atoms with E-state index in [0.717, 1.165) is 0 Å². The SMILES string of the molecule is COC(=O)Oc1c2ccc(F)cc2cc2ccc(F)cc12. The number of halogens is 2. The van der Waals surface area contributed by atoms with E-state index in [1.54, 1.807) is 12.1 Å². The third kappa shape index (κ3) is 2.38. The number of carbonyl (C=O) groups excluding carboxylic acids is 1. The van der Waals surface area contributed by atoms with E-state index >= 15 is 0 Å². The summed E-state index contributed by atoms with van der Waals surface area (Å²) in [5.41, 5.74) is 0. The number of hydrogen-bond acceptors (Lipinski definition) is 3. The van der Waals surface area contributed by atoms with E-state index in [1.165, 1.54) is 37.4 Å². The molecule has 3 rings (SSSR count). The van der Waals surface area contributed by atoms with Crippen molar-refractivity contribution >= 4 is 27.7 Å². The van der Waals surface area contributed by atoms with Gasteiger partial charge < -0.3 is 9.47 Å². The minimum absolute atomic E-state index is 0.147. The number of methoxy groups -OCH3 is 1. The van der Waals surface area contributed by atoms with Crippen LogP contribution in [0.25, 0.3) is 21.5 Å². The van der Waals surface area contributed by atoms with Gasteiger partial charge in [0.2, 0.25) is 0 Å². The molecule has 0 saturated carbocycles. The Hall–Kier alpha value is -2.69. The third-order valence-corrected chi connectivity index (χ3v) is 3.18. The predicted octanol–water partition coefficient (Wildman–Crippen LogP) is 4.42. The first-order valence-corrected chi connectivity index (χ1v) is 6.16. The van der Waals surface area contributed by atoms with Gasteiger partial charge in [-0.1, -0.05) is 6.07 Å². The average Bonchev–Trinajstić information content (AvgIpc) is 2.47. The van der Waals surface area contributed by atoms with Crippen molar-refractivity contribution < 1.29 is 23.0 Å². The van der Waals surface area contributed by atoms with Gasteiger partial charge in [0, 0.05) is 10.8 Å². The second-order valence-corrected chi connectivity index (χ2v) is 4.49. The van der Waals surface area contributed by atoms with E-state index in [1.807, 2.05) is 0 Å². The maximum Gasteiger partial charge on any atom is 0.513 e. The fourth-order valence-corrected chi connectivity index (χ4v) is 2.26. The van der Waals surface area contributed by atoms with Crippen molar-refractivity contribution in [2.24, 2.45) is 0 Å². The molecular weight excluding hydrogens is 278 g/mol. The molecule has 0 aliphatic carbocycles. The quantitative estimate of drug-likeness (QED) is 0.378. The Morgan fingerprint density at radius 3 is 2.38 bits per heavy atom. The van der Waals surface area contributed by atoms with Crippen LogP contribution < -0.4 is 4.74 Å². The van der Waals surface area contributed by atoms with Gasteiger partial charge in [-0.2, -0.15) is 0 Å². The van der Waals surface area contributed by atoms with Crippen molar-refractivity contribution in [3.63, 3.8) is 0 Å². The molecule has 0 N–H and O–H groups in total. The maximum absolute atomic E-state index is 13.5. The highest BCUT2D eigenvalue weighted by Crippen LogP contribution is 2.35. The molecule has 3 aromatic rings. The Kier molecular flexibility index (Phi) is 3.17. The topological polar surface area (TPSA) is 35.5 Å². The standard InChI is InChI=1S/C16H10F2O3/c1-20-16(19)21-15-13-5-4-11(17)7-10(13)6-9-2-3-12(18)8-14(9)15/h2-8H,1H3. The molecule has 0 spiro atoms. The normalized spacial score (nSPS) is 10.8. The molecule has 0 unspecified atom stereocenters. The van der Waals surface area contributed by atoms with Gasteiger partial charge in [0.05, 0.1) is 7.11 Å². The summed E-state index contributed by atoms with van der Waals surface area (Å²) in [4.78, 5) is 11.4. The molecule has 0 aliphatic heterocycles. The number of fused-ring (bicyclic) bond motifs is 2. The second kappa shape index (κ2) is 5.01. The Morgan fingerprint density at radius 2 is 1.62 bits per heavy atom. The van der Waals surface area contributed by atoms with E-state index in [0.29, 0.717) is 21.5 Å². The number of carbonyl (C=O) groups is 1. The van der Waals surface area contributed by atoms with Crippen molar-refractivity contribution in [2.45, 2.75) is 0 Å². The first kappa shape index (κ1) is 13.3. The minimum atomic E-state index is -0.919. The highest BCUT2D eigenvalue weighted by Gasteiger charge is 2.14. The molecule has 106 valence electrons. The Labute approximate surface area is 118 Å². The molecule has 0 aromatic heterocycles. The largest absolute Gasteiger partial charge is 0.513 e. The van der Waals surface area contributed by atoms with Gasteiger partial charge in [-0.05, 0) is 47.2 Å². The molecule has 0 aliphatic rings. The van der Waals surface area contributed by atoms with Crippen LogP contribution in [0.2, 0.25) is 0 Å². The lowest BCUT2D eigenvalue weighted by Crippen LogP contribution is -2.08.